The summed E-state index contributed by atoms with van der Waals surface area (Å²) in [7, 11) is 0. The lowest BCUT2D eigenvalue weighted by atomic mass is 10.0. The van der Waals surface area contributed by atoms with E-state index in [0.29, 0.717) is 18.5 Å². The maximum Gasteiger partial charge on any atom is 0.243 e. The molecule has 0 unspecified atom stereocenters. The van der Waals surface area contributed by atoms with Gasteiger partial charge < -0.3 is 10.2 Å². The highest BCUT2D eigenvalue weighted by Gasteiger charge is 2.29. The third-order valence-electron chi connectivity index (χ3n) is 4.72. The van der Waals surface area contributed by atoms with Gasteiger partial charge in [-0.15, -0.1) is 0 Å². The van der Waals surface area contributed by atoms with Crippen molar-refractivity contribution in [2.24, 2.45) is 0 Å². The number of hydrogen-bond acceptors (Lipinski definition) is 2. The van der Waals surface area contributed by atoms with E-state index < -0.39 is 11.9 Å². The molecule has 5 heteroatoms. The Morgan fingerprint density at radius 3 is 2.21 bits per heavy atom. The maximum absolute atomic E-state index is 14.1. The predicted molar refractivity (Wildman–Crippen MR) is 109 cm³/mol. The molecule has 2 rings (SSSR count). The molecule has 2 amide bonds. The lowest BCUT2D eigenvalue weighted by Gasteiger charge is -2.31. The van der Waals surface area contributed by atoms with Crippen LogP contribution in [0.25, 0.3) is 0 Å². The van der Waals surface area contributed by atoms with Crippen molar-refractivity contribution in [1.29, 1.82) is 0 Å². The minimum Gasteiger partial charge on any atom is -0.352 e. The van der Waals surface area contributed by atoms with E-state index >= 15 is 0 Å². The molecule has 0 saturated heterocycles. The number of carbonyl (C=O) groups is 2. The summed E-state index contributed by atoms with van der Waals surface area (Å²) in [5.74, 6) is -0.863. The fourth-order valence-electron chi connectivity index (χ4n) is 3.18. The minimum atomic E-state index is -0.610. The average molecular weight is 384 g/mol. The Morgan fingerprint density at radius 1 is 1.04 bits per heavy atom. The van der Waals surface area contributed by atoms with Gasteiger partial charge in [0.15, 0.2) is 0 Å². The highest BCUT2D eigenvalue weighted by Crippen LogP contribution is 2.18. The molecule has 2 aromatic carbocycles. The first-order chi connectivity index (χ1) is 13.3. The summed E-state index contributed by atoms with van der Waals surface area (Å²) in [6.07, 6.45) is 0.400. The number of carbonyl (C=O) groups excluding carboxylic acids is 2. The van der Waals surface area contributed by atoms with Crippen LogP contribution in [-0.4, -0.2) is 28.8 Å². The highest BCUT2D eigenvalue weighted by atomic mass is 19.1. The minimum absolute atomic E-state index is 0.0245. The zero-order chi connectivity index (χ0) is 20.7. The number of nitrogens with zero attached hydrogens (tertiary/aromatic N) is 1. The maximum atomic E-state index is 14.1. The molecule has 0 saturated carbocycles. The number of aryl methyl sites for hydroxylation is 1. The van der Waals surface area contributed by atoms with Crippen LogP contribution in [0.4, 0.5) is 4.39 Å². The van der Waals surface area contributed by atoms with Crippen molar-refractivity contribution in [1.82, 2.24) is 10.2 Å². The first-order valence-corrected chi connectivity index (χ1v) is 9.71. The molecule has 0 aliphatic rings. The van der Waals surface area contributed by atoms with Gasteiger partial charge in [-0.2, -0.15) is 0 Å². The van der Waals surface area contributed by atoms with Crippen molar-refractivity contribution in [3.63, 3.8) is 0 Å². The standard InChI is InChI=1S/C23H29FN2O2/c1-5-21(23(28)25-16(2)3)26(15-19-12-7-6-10-17(19)4)22(27)14-18-11-8-9-13-20(18)24/h6-13,16,21H,5,14-15H2,1-4H3,(H,25,28)/t21-/m0/s1. The van der Waals surface area contributed by atoms with Crippen LogP contribution in [0.5, 0.6) is 0 Å². The Kier molecular flexibility index (Phi) is 7.73. The molecule has 1 N–H and O–H groups in total. The molecule has 4 nitrogen and oxygen atoms in total. The van der Waals surface area contributed by atoms with Crippen LogP contribution in [0.15, 0.2) is 48.5 Å². The molecule has 0 heterocycles. The van der Waals surface area contributed by atoms with Crippen molar-refractivity contribution in [2.75, 3.05) is 0 Å². The summed E-state index contributed by atoms with van der Waals surface area (Å²) in [6, 6.07) is 13.4. The summed E-state index contributed by atoms with van der Waals surface area (Å²) in [5.41, 5.74) is 2.35. The highest BCUT2D eigenvalue weighted by molar-refractivity contribution is 5.88. The molecule has 0 aromatic heterocycles. The van der Waals surface area contributed by atoms with Crippen LogP contribution in [0, 0.1) is 12.7 Å². The first-order valence-electron chi connectivity index (χ1n) is 9.71. The molecule has 0 aliphatic heterocycles. The quantitative estimate of drug-likeness (QED) is 0.748. The normalized spacial score (nSPS) is 11.9. The van der Waals surface area contributed by atoms with Crippen molar-refractivity contribution < 1.29 is 14.0 Å². The second-order valence-corrected chi connectivity index (χ2v) is 7.30. The van der Waals surface area contributed by atoms with Gasteiger partial charge in [0.1, 0.15) is 11.9 Å². The molecular weight excluding hydrogens is 355 g/mol. The first kappa shape index (κ1) is 21.6. The van der Waals surface area contributed by atoms with E-state index in [1.54, 1.807) is 23.1 Å². The molecule has 2 aromatic rings. The van der Waals surface area contributed by atoms with Gasteiger partial charge in [0, 0.05) is 12.6 Å². The fourth-order valence-corrected chi connectivity index (χ4v) is 3.18. The molecule has 0 aliphatic carbocycles. The van der Waals surface area contributed by atoms with Gasteiger partial charge >= 0.3 is 0 Å². The average Bonchev–Trinajstić information content (AvgIpc) is 2.64. The number of amides is 2. The van der Waals surface area contributed by atoms with Gasteiger partial charge in [-0.1, -0.05) is 49.4 Å². The van der Waals surface area contributed by atoms with E-state index in [1.165, 1.54) is 6.07 Å². The van der Waals surface area contributed by atoms with E-state index in [0.717, 1.165) is 11.1 Å². The topological polar surface area (TPSA) is 49.4 Å². The number of nitrogens with one attached hydrogen (secondary N) is 1. The van der Waals surface area contributed by atoms with Crippen LogP contribution in [0.1, 0.15) is 43.9 Å². The molecule has 0 fully saturated rings. The van der Waals surface area contributed by atoms with Crippen LogP contribution in [0.3, 0.4) is 0 Å². The van der Waals surface area contributed by atoms with E-state index in [2.05, 4.69) is 5.32 Å². The van der Waals surface area contributed by atoms with Gasteiger partial charge in [-0.3, -0.25) is 9.59 Å². The van der Waals surface area contributed by atoms with Gasteiger partial charge in [-0.25, -0.2) is 4.39 Å². The number of rotatable bonds is 8. The van der Waals surface area contributed by atoms with Crippen molar-refractivity contribution >= 4 is 11.8 Å². The zero-order valence-corrected chi connectivity index (χ0v) is 17.0. The Bertz CT molecular complexity index is 820. The van der Waals surface area contributed by atoms with E-state index in [9.17, 15) is 14.0 Å². The molecule has 0 radical (unpaired) electrons. The zero-order valence-electron chi connectivity index (χ0n) is 17.0. The smallest absolute Gasteiger partial charge is 0.243 e. The lowest BCUT2D eigenvalue weighted by molar-refractivity contribution is -0.141. The summed E-state index contributed by atoms with van der Waals surface area (Å²) >= 11 is 0. The lowest BCUT2D eigenvalue weighted by Crippen LogP contribution is -2.50. The van der Waals surface area contributed by atoms with Gasteiger partial charge in [-0.05, 0) is 49.9 Å². The number of halogens is 1. The fraction of sp³-hybridized carbons (Fsp3) is 0.391. The molecule has 0 bridgehead atoms. The predicted octanol–water partition coefficient (Wildman–Crippen LogP) is 4.01. The Hall–Kier alpha value is -2.69. The monoisotopic (exact) mass is 384 g/mol. The summed E-state index contributed by atoms with van der Waals surface area (Å²) in [4.78, 5) is 27.5. The third kappa shape index (κ3) is 5.65. The molecule has 0 spiro atoms. The number of benzene rings is 2. The molecular formula is C23H29FN2O2. The van der Waals surface area contributed by atoms with E-state index in [-0.39, 0.29) is 24.3 Å². The number of hydrogen-bond donors (Lipinski definition) is 1. The Labute approximate surface area is 166 Å². The van der Waals surface area contributed by atoms with Gasteiger partial charge in [0.05, 0.1) is 6.42 Å². The summed E-state index contributed by atoms with van der Waals surface area (Å²) < 4.78 is 14.1. The Balaban J connectivity index is 2.33. The van der Waals surface area contributed by atoms with E-state index in [4.69, 9.17) is 0 Å². The molecule has 28 heavy (non-hydrogen) atoms. The van der Waals surface area contributed by atoms with Crippen LogP contribution >= 0.6 is 0 Å². The SMILES string of the molecule is CC[C@@H](C(=O)NC(C)C)N(Cc1ccccc1C)C(=O)Cc1ccccc1F. The van der Waals surface area contributed by atoms with Crippen LogP contribution < -0.4 is 5.32 Å². The van der Waals surface area contributed by atoms with Crippen molar-refractivity contribution in [3.05, 3.63) is 71.0 Å². The summed E-state index contributed by atoms with van der Waals surface area (Å²) in [5, 5.41) is 2.90. The molecule has 150 valence electrons. The third-order valence-corrected chi connectivity index (χ3v) is 4.72. The van der Waals surface area contributed by atoms with Gasteiger partial charge in [0.2, 0.25) is 11.8 Å². The van der Waals surface area contributed by atoms with Crippen molar-refractivity contribution in [2.45, 2.75) is 59.2 Å². The van der Waals surface area contributed by atoms with Crippen molar-refractivity contribution in [3.8, 4) is 0 Å². The second-order valence-electron chi connectivity index (χ2n) is 7.30. The van der Waals surface area contributed by atoms with Crippen LogP contribution in [0.2, 0.25) is 0 Å². The van der Waals surface area contributed by atoms with Gasteiger partial charge in [0.25, 0.3) is 0 Å². The second kappa shape index (κ2) is 10.0. The van der Waals surface area contributed by atoms with E-state index in [1.807, 2.05) is 52.0 Å². The summed E-state index contributed by atoms with van der Waals surface area (Å²) in [6.45, 7) is 7.94. The van der Waals surface area contributed by atoms with Crippen LogP contribution in [-0.2, 0) is 22.6 Å². The largest absolute Gasteiger partial charge is 0.352 e. The molecule has 1 atom stereocenters. The Morgan fingerprint density at radius 2 is 1.64 bits per heavy atom.